The highest BCUT2D eigenvalue weighted by Crippen LogP contribution is 2.22. The average molecular weight is 503 g/mol. The van der Waals surface area contributed by atoms with Gasteiger partial charge in [0.15, 0.2) is 0 Å². The van der Waals surface area contributed by atoms with Gasteiger partial charge in [0, 0.05) is 5.56 Å². The number of rotatable bonds is 8. The fourth-order valence-electron chi connectivity index (χ4n) is 3.45. The Morgan fingerprint density at radius 2 is 1.25 bits per heavy atom. The Kier molecular flexibility index (Phi) is 9.10. The molecule has 0 aromatic heterocycles. The molecule has 0 saturated carbocycles. The van der Waals surface area contributed by atoms with E-state index in [0.29, 0.717) is 5.56 Å². The smallest absolute Gasteiger partial charge is 0.322 e. The van der Waals surface area contributed by atoms with Crippen LogP contribution in [0.25, 0.3) is 11.1 Å². The van der Waals surface area contributed by atoms with E-state index in [0.717, 1.165) is 16.7 Å². The van der Waals surface area contributed by atoms with Crippen LogP contribution in [0.2, 0.25) is 0 Å². The Morgan fingerprint density at radius 1 is 0.750 bits per heavy atom. The van der Waals surface area contributed by atoms with E-state index in [-0.39, 0.29) is 11.3 Å². The van der Waals surface area contributed by atoms with Gasteiger partial charge < -0.3 is 10.8 Å². The SMILES string of the molecule is NC(=O)c1ccccc1-c1ccccc1.O=C(O)[C@H](Cc1ccccc1)NS(=O)(=O)c1ccccc1. The van der Waals surface area contributed by atoms with Crippen molar-refractivity contribution in [3.05, 3.63) is 126 Å². The number of aliphatic carboxylic acids is 1. The molecule has 36 heavy (non-hydrogen) atoms. The van der Waals surface area contributed by atoms with Crippen molar-refractivity contribution in [2.75, 3.05) is 0 Å². The fourth-order valence-corrected chi connectivity index (χ4v) is 4.66. The summed E-state index contributed by atoms with van der Waals surface area (Å²) in [4.78, 5) is 22.5. The van der Waals surface area contributed by atoms with Gasteiger partial charge in [-0.3, -0.25) is 9.59 Å². The molecule has 4 N–H and O–H groups in total. The van der Waals surface area contributed by atoms with Gasteiger partial charge in [0.2, 0.25) is 15.9 Å². The number of carboxylic acid groups (broad SMARTS) is 1. The molecule has 0 spiro atoms. The number of carbonyl (C=O) groups excluding carboxylic acids is 1. The summed E-state index contributed by atoms with van der Waals surface area (Å²) in [5.41, 5.74) is 8.51. The van der Waals surface area contributed by atoms with Crippen LogP contribution in [0.5, 0.6) is 0 Å². The summed E-state index contributed by atoms with van der Waals surface area (Å²) in [7, 11) is -3.86. The lowest BCUT2D eigenvalue weighted by Gasteiger charge is -2.15. The molecule has 8 heteroatoms. The zero-order valence-electron chi connectivity index (χ0n) is 19.3. The minimum atomic E-state index is -3.86. The van der Waals surface area contributed by atoms with Crippen LogP contribution in [0.15, 0.2) is 120 Å². The molecule has 0 unspecified atom stereocenters. The first-order valence-electron chi connectivity index (χ1n) is 11.1. The number of benzene rings is 4. The highest BCUT2D eigenvalue weighted by molar-refractivity contribution is 7.89. The van der Waals surface area contributed by atoms with E-state index < -0.39 is 27.9 Å². The van der Waals surface area contributed by atoms with Gasteiger partial charge in [-0.2, -0.15) is 4.72 Å². The summed E-state index contributed by atoms with van der Waals surface area (Å²) in [6, 6.07) is 32.5. The molecule has 4 aromatic rings. The second-order valence-electron chi connectivity index (χ2n) is 7.79. The first kappa shape index (κ1) is 26.3. The minimum absolute atomic E-state index is 0.0457. The number of hydrogen-bond donors (Lipinski definition) is 3. The number of carboxylic acids is 1. The minimum Gasteiger partial charge on any atom is -0.480 e. The number of nitrogens with one attached hydrogen (secondary N) is 1. The van der Waals surface area contributed by atoms with Crippen LogP contribution >= 0.6 is 0 Å². The van der Waals surface area contributed by atoms with E-state index in [4.69, 9.17) is 5.73 Å². The van der Waals surface area contributed by atoms with Crippen LogP contribution in [0.4, 0.5) is 0 Å². The number of nitrogens with two attached hydrogens (primary N) is 1. The molecule has 184 valence electrons. The lowest BCUT2D eigenvalue weighted by atomic mass is 9.99. The topological polar surface area (TPSA) is 127 Å². The molecule has 7 nitrogen and oxygen atoms in total. The molecule has 0 bridgehead atoms. The van der Waals surface area contributed by atoms with E-state index in [2.05, 4.69) is 4.72 Å². The number of sulfonamides is 1. The number of amides is 1. The van der Waals surface area contributed by atoms with Gasteiger partial charge in [-0.05, 0) is 41.3 Å². The van der Waals surface area contributed by atoms with Crippen molar-refractivity contribution in [3.63, 3.8) is 0 Å². The first-order valence-corrected chi connectivity index (χ1v) is 12.5. The summed E-state index contributed by atoms with van der Waals surface area (Å²) in [6.45, 7) is 0. The Labute approximate surface area is 210 Å². The molecule has 0 heterocycles. The van der Waals surface area contributed by atoms with E-state index in [1.807, 2.05) is 54.6 Å². The molecular weight excluding hydrogens is 476 g/mol. The van der Waals surface area contributed by atoms with E-state index >= 15 is 0 Å². The van der Waals surface area contributed by atoms with Crippen LogP contribution in [0.3, 0.4) is 0 Å². The Morgan fingerprint density at radius 3 is 1.81 bits per heavy atom. The van der Waals surface area contributed by atoms with Gasteiger partial charge in [-0.15, -0.1) is 0 Å². The largest absolute Gasteiger partial charge is 0.480 e. The maximum Gasteiger partial charge on any atom is 0.322 e. The monoisotopic (exact) mass is 502 g/mol. The Hall–Kier alpha value is -4.27. The average Bonchev–Trinajstić information content (AvgIpc) is 2.90. The third-order valence-corrected chi connectivity index (χ3v) is 6.70. The molecule has 0 aliphatic carbocycles. The molecule has 1 atom stereocenters. The summed E-state index contributed by atoms with van der Waals surface area (Å²) in [6.07, 6.45) is 0.0856. The lowest BCUT2D eigenvalue weighted by molar-refractivity contribution is -0.138. The van der Waals surface area contributed by atoms with Crippen molar-refractivity contribution >= 4 is 21.9 Å². The normalized spacial score (nSPS) is 11.6. The van der Waals surface area contributed by atoms with Crippen molar-refractivity contribution in [1.82, 2.24) is 4.72 Å². The molecule has 0 saturated heterocycles. The first-order chi connectivity index (χ1) is 17.3. The van der Waals surface area contributed by atoms with Crippen LogP contribution in [-0.2, 0) is 21.2 Å². The molecule has 0 aliphatic rings. The highest BCUT2D eigenvalue weighted by atomic mass is 32.2. The summed E-state index contributed by atoms with van der Waals surface area (Å²) in [5, 5.41) is 9.22. The van der Waals surface area contributed by atoms with E-state index in [1.165, 1.54) is 12.1 Å². The van der Waals surface area contributed by atoms with Crippen LogP contribution < -0.4 is 10.5 Å². The Balaban J connectivity index is 0.000000212. The van der Waals surface area contributed by atoms with E-state index in [9.17, 15) is 23.1 Å². The van der Waals surface area contributed by atoms with E-state index in [1.54, 1.807) is 48.5 Å². The van der Waals surface area contributed by atoms with Gasteiger partial charge in [0.1, 0.15) is 6.04 Å². The molecule has 4 rings (SSSR count). The predicted octanol–water partition coefficient (Wildman–Crippen LogP) is 4.11. The lowest BCUT2D eigenvalue weighted by Crippen LogP contribution is -2.42. The number of primary amides is 1. The van der Waals surface area contributed by atoms with Crippen molar-refractivity contribution in [2.45, 2.75) is 17.4 Å². The van der Waals surface area contributed by atoms with Crippen LogP contribution in [0.1, 0.15) is 15.9 Å². The van der Waals surface area contributed by atoms with Crippen molar-refractivity contribution < 1.29 is 23.1 Å². The van der Waals surface area contributed by atoms with Crippen LogP contribution in [-0.4, -0.2) is 31.4 Å². The summed E-state index contributed by atoms with van der Waals surface area (Å²) < 4.78 is 26.6. The van der Waals surface area contributed by atoms with Crippen molar-refractivity contribution in [2.24, 2.45) is 5.73 Å². The molecule has 1 amide bonds. The molecule has 0 aliphatic heterocycles. The fraction of sp³-hybridized carbons (Fsp3) is 0.0714. The molecule has 0 radical (unpaired) electrons. The molecule has 0 fully saturated rings. The van der Waals surface area contributed by atoms with Crippen LogP contribution in [0, 0.1) is 0 Å². The summed E-state index contributed by atoms with van der Waals surface area (Å²) >= 11 is 0. The third-order valence-electron chi connectivity index (χ3n) is 5.21. The standard InChI is InChI=1S/C15H15NO4S.C13H11NO/c17-15(18)14(11-12-7-3-1-4-8-12)16-21(19,20)13-9-5-2-6-10-13;14-13(15)12-9-5-4-8-11(12)10-6-2-1-3-7-10/h1-10,14,16H,11H2,(H,17,18);1-9H,(H2,14,15)/t14-;/m0./s1. The maximum absolute atomic E-state index is 12.2. The third kappa shape index (κ3) is 7.36. The Bertz CT molecular complexity index is 1390. The molecular formula is C28H26N2O5S. The second-order valence-corrected chi connectivity index (χ2v) is 9.50. The van der Waals surface area contributed by atoms with Crippen molar-refractivity contribution in [1.29, 1.82) is 0 Å². The predicted molar refractivity (Wildman–Crippen MR) is 139 cm³/mol. The second kappa shape index (κ2) is 12.4. The van der Waals surface area contributed by atoms with Gasteiger partial charge in [-0.1, -0.05) is 97.1 Å². The summed E-state index contributed by atoms with van der Waals surface area (Å²) in [5.74, 6) is -1.60. The van der Waals surface area contributed by atoms with Crippen molar-refractivity contribution in [3.8, 4) is 11.1 Å². The highest BCUT2D eigenvalue weighted by Gasteiger charge is 2.25. The zero-order valence-corrected chi connectivity index (χ0v) is 20.1. The van der Waals surface area contributed by atoms with Gasteiger partial charge >= 0.3 is 5.97 Å². The number of hydrogen-bond acceptors (Lipinski definition) is 4. The van der Waals surface area contributed by atoms with Gasteiger partial charge in [0.05, 0.1) is 4.90 Å². The zero-order chi connectivity index (χ0) is 26.0. The van der Waals surface area contributed by atoms with Gasteiger partial charge in [-0.25, -0.2) is 8.42 Å². The quantitative estimate of drug-likeness (QED) is 0.334. The number of carbonyl (C=O) groups is 2. The maximum atomic E-state index is 12.2. The van der Waals surface area contributed by atoms with Gasteiger partial charge in [0.25, 0.3) is 0 Å². The molecule has 4 aromatic carbocycles.